The van der Waals surface area contributed by atoms with Crippen LogP contribution >= 0.6 is 0 Å². The lowest BCUT2D eigenvalue weighted by Gasteiger charge is -2.25. The maximum absolute atomic E-state index is 3.48. The minimum atomic E-state index is 0.564. The van der Waals surface area contributed by atoms with E-state index in [0.29, 0.717) is 6.04 Å². The summed E-state index contributed by atoms with van der Waals surface area (Å²) in [6.45, 7) is 11.3. The summed E-state index contributed by atoms with van der Waals surface area (Å²) < 4.78 is 0. The minimum Gasteiger partial charge on any atom is -0.253 e. The lowest BCUT2D eigenvalue weighted by Crippen LogP contribution is -2.43. The second-order valence-electron chi connectivity index (χ2n) is 3.98. The van der Waals surface area contributed by atoms with E-state index in [4.69, 9.17) is 0 Å². The van der Waals surface area contributed by atoms with Gasteiger partial charge < -0.3 is 0 Å². The van der Waals surface area contributed by atoms with Crippen LogP contribution in [0.25, 0.3) is 0 Å². The Bertz CT molecular complexity index is 94.3. The van der Waals surface area contributed by atoms with Gasteiger partial charge in [0.1, 0.15) is 0 Å². The molecule has 0 radical (unpaired) electrons. The van der Waals surface area contributed by atoms with E-state index in [1.54, 1.807) is 0 Å². The van der Waals surface area contributed by atoms with Crippen molar-refractivity contribution < 1.29 is 0 Å². The van der Waals surface area contributed by atoms with Gasteiger partial charge in [-0.2, -0.15) is 0 Å². The first-order chi connectivity index (χ1) is 6.20. The molecule has 0 heterocycles. The molecule has 0 spiro atoms. The van der Waals surface area contributed by atoms with Crippen molar-refractivity contribution in [3.63, 3.8) is 0 Å². The van der Waals surface area contributed by atoms with Crippen LogP contribution in [-0.2, 0) is 0 Å². The van der Waals surface area contributed by atoms with Crippen molar-refractivity contribution in [1.29, 1.82) is 0 Å². The number of unbranched alkanes of at least 4 members (excludes halogenated alkanes) is 2. The van der Waals surface area contributed by atoms with Crippen molar-refractivity contribution in [3.8, 4) is 0 Å². The average molecular weight is 186 g/mol. The molecule has 0 aliphatic heterocycles. The fourth-order valence-electron chi connectivity index (χ4n) is 1.30. The summed E-state index contributed by atoms with van der Waals surface area (Å²) in [5, 5.41) is 2.37. The van der Waals surface area contributed by atoms with E-state index in [0.717, 1.165) is 0 Å². The van der Waals surface area contributed by atoms with Crippen LogP contribution in [0.4, 0.5) is 0 Å². The maximum Gasteiger partial charge on any atom is 0.0158 e. The van der Waals surface area contributed by atoms with E-state index in [-0.39, 0.29) is 0 Å². The molecule has 0 aliphatic rings. The van der Waals surface area contributed by atoms with Gasteiger partial charge in [0.05, 0.1) is 0 Å². The van der Waals surface area contributed by atoms with Crippen molar-refractivity contribution in [2.45, 2.75) is 59.4 Å². The van der Waals surface area contributed by atoms with Crippen LogP contribution in [0.2, 0.25) is 0 Å². The van der Waals surface area contributed by atoms with E-state index in [1.165, 1.54) is 38.8 Å². The van der Waals surface area contributed by atoms with Crippen molar-refractivity contribution >= 4 is 0 Å². The first-order valence-electron chi connectivity index (χ1n) is 5.71. The quantitative estimate of drug-likeness (QED) is 0.586. The molecule has 0 aromatic heterocycles. The molecule has 2 nitrogen and oxygen atoms in total. The van der Waals surface area contributed by atoms with Gasteiger partial charge in [-0.1, -0.05) is 26.7 Å². The molecule has 0 saturated carbocycles. The van der Waals surface area contributed by atoms with Gasteiger partial charge in [0, 0.05) is 19.1 Å². The predicted molar refractivity (Wildman–Crippen MR) is 59.7 cm³/mol. The van der Waals surface area contributed by atoms with Gasteiger partial charge in [0.15, 0.2) is 0 Å². The molecule has 0 rings (SSSR count). The lowest BCUT2D eigenvalue weighted by molar-refractivity contribution is 0.162. The lowest BCUT2D eigenvalue weighted by atomic mass is 10.3. The molecule has 13 heavy (non-hydrogen) atoms. The zero-order valence-electron chi connectivity index (χ0n) is 9.77. The van der Waals surface area contributed by atoms with Crippen LogP contribution in [-0.4, -0.2) is 24.1 Å². The van der Waals surface area contributed by atoms with Gasteiger partial charge in [-0.3, -0.25) is 5.43 Å². The van der Waals surface area contributed by atoms with Gasteiger partial charge in [0.25, 0.3) is 0 Å². The van der Waals surface area contributed by atoms with Crippen molar-refractivity contribution in [1.82, 2.24) is 10.4 Å². The molecule has 0 atom stereocenters. The third kappa shape index (κ3) is 8.26. The second kappa shape index (κ2) is 8.52. The molecule has 0 aliphatic carbocycles. The molecule has 0 fully saturated rings. The van der Waals surface area contributed by atoms with Gasteiger partial charge in [-0.25, -0.2) is 5.01 Å². The van der Waals surface area contributed by atoms with Crippen LogP contribution in [0.5, 0.6) is 0 Å². The van der Waals surface area contributed by atoms with Crippen LogP contribution in [0, 0.1) is 0 Å². The summed E-state index contributed by atoms with van der Waals surface area (Å²) in [6, 6.07) is 0.564. The zero-order chi connectivity index (χ0) is 10.1. The average Bonchev–Trinajstić information content (AvgIpc) is 2.09. The molecule has 80 valence electrons. The van der Waals surface area contributed by atoms with Crippen molar-refractivity contribution in [3.05, 3.63) is 0 Å². The molecule has 0 amide bonds. The Kier molecular flexibility index (Phi) is 8.46. The van der Waals surface area contributed by atoms with E-state index in [1.807, 2.05) is 0 Å². The topological polar surface area (TPSA) is 15.3 Å². The molecule has 0 aromatic carbocycles. The summed E-state index contributed by atoms with van der Waals surface area (Å²) in [5.41, 5.74) is 3.48. The van der Waals surface area contributed by atoms with E-state index < -0.39 is 0 Å². The van der Waals surface area contributed by atoms with E-state index in [9.17, 15) is 0 Å². The first-order valence-corrected chi connectivity index (χ1v) is 5.71. The third-order valence-electron chi connectivity index (χ3n) is 2.00. The standard InChI is InChI=1S/C11H26N2/c1-5-7-9-13(10-8-6-2)12-11(3)4/h11-12H,5-10H2,1-4H3. The Balaban J connectivity index is 3.60. The first kappa shape index (κ1) is 12.9. The van der Waals surface area contributed by atoms with Gasteiger partial charge in [-0.05, 0) is 26.7 Å². The highest BCUT2D eigenvalue weighted by Gasteiger charge is 2.03. The second-order valence-corrected chi connectivity index (χ2v) is 3.98. The van der Waals surface area contributed by atoms with Gasteiger partial charge >= 0.3 is 0 Å². The van der Waals surface area contributed by atoms with Crippen LogP contribution < -0.4 is 5.43 Å². The molecule has 1 N–H and O–H groups in total. The summed E-state index contributed by atoms with van der Waals surface area (Å²) in [7, 11) is 0. The molecule has 0 bridgehead atoms. The fraction of sp³-hybridized carbons (Fsp3) is 1.00. The largest absolute Gasteiger partial charge is 0.253 e. The maximum atomic E-state index is 3.48. The van der Waals surface area contributed by atoms with Crippen LogP contribution in [0.1, 0.15) is 53.4 Å². The Hall–Kier alpha value is -0.0800. The highest BCUT2D eigenvalue weighted by Crippen LogP contribution is 1.97. The predicted octanol–water partition coefficient (Wildman–Crippen LogP) is 2.80. The Morgan fingerprint density at radius 1 is 1.00 bits per heavy atom. The normalized spacial score (nSPS) is 11.5. The summed E-state index contributed by atoms with van der Waals surface area (Å²) in [4.78, 5) is 0. The fourth-order valence-corrected chi connectivity index (χ4v) is 1.30. The monoisotopic (exact) mass is 186 g/mol. The number of nitrogens with zero attached hydrogens (tertiary/aromatic N) is 1. The molecular weight excluding hydrogens is 160 g/mol. The van der Waals surface area contributed by atoms with Crippen molar-refractivity contribution in [2.24, 2.45) is 0 Å². The van der Waals surface area contributed by atoms with Crippen LogP contribution in [0.15, 0.2) is 0 Å². The SMILES string of the molecule is CCCCN(CCCC)NC(C)C. The summed E-state index contributed by atoms with van der Waals surface area (Å²) in [5.74, 6) is 0. The molecule has 0 saturated heterocycles. The number of hydrazine groups is 1. The molecular formula is C11H26N2. The number of nitrogens with one attached hydrogen (secondary N) is 1. The van der Waals surface area contributed by atoms with Gasteiger partial charge in [-0.15, -0.1) is 0 Å². The Morgan fingerprint density at radius 3 is 1.77 bits per heavy atom. The van der Waals surface area contributed by atoms with Crippen molar-refractivity contribution in [2.75, 3.05) is 13.1 Å². The number of hydrogen-bond acceptors (Lipinski definition) is 2. The van der Waals surface area contributed by atoms with Gasteiger partial charge in [0.2, 0.25) is 0 Å². The minimum absolute atomic E-state index is 0.564. The Labute approximate surface area is 83.7 Å². The summed E-state index contributed by atoms with van der Waals surface area (Å²) in [6.07, 6.45) is 5.15. The summed E-state index contributed by atoms with van der Waals surface area (Å²) >= 11 is 0. The number of hydrogen-bond donors (Lipinski definition) is 1. The number of rotatable bonds is 8. The molecule has 0 aromatic rings. The smallest absolute Gasteiger partial charge is 0.0158 e. The third-order valence-corrected chi connectivity index (χ3v) is 2.00. The zero-order valence-corrected chi connectivity index (χ0v) is 9.77. The van der Waals surface area contributed by atoms with E-state index >= 15 is 0 Å². The molecule has 0 unspecified atom stereocenters. The molecule has 2 heteroatoms. The highest BCUT2D eigenvalue weighted by molar-refractivity contribution is 4.55. The van der Waals surface area contributed by atoms with E-state index in [2.05, 4.69) is 38.1 Å². The highest BCUT2D eigenvalue weighted by atomic mass is 15.5. The van der Waals surface area contributed by atoms with Crippen LogP contribution in [0.3, 0.4) is 0 Å². The Morgan fingerprint density at radius 2 is 1.46 bits per heavy atom.